The fraction of sp³-hybridized carbons (Fsp3) is 0.400. The van der Waals surface area contributed by atoms with Gasteiger partial charge in [0.05, 0.1) is 0 Å². The van der Waals surface area contributed by atoms with Gasteiger partial charge in [-0.2, -0.15) is 0 Å². The van der Waals surface area contributed by atoms with Crippen LogP contribution in [0.1, 0.15) is 6.42 Å². The van der Waals surface area contributed by atoms with Crippen LogP contribution in [0, 0.1) is 0 Å². The van der Waals surface area contributed by atoms with Crippen molar-refractivity contribution < 1.29 is 0 Å². The number of halogens is 1. The molecule has 0 bridgehead atoms. The molecule has 3 heteroatoms. The lowest BCUT2D eigenvalue weighted by atomic mass is 10.4. The fourth-order valence-corrected chi connectivity index (χ4v) is 2.09. The van der Waals surface area contributed by atoms with Gasteiger partial charge in [-0.25, -0.2) is 0 Å². The topological polar surface area (TPSA) is 12.0 Å². The summed E-state index contributed by atoms with van der Waals surface area (Å²) in [6.07, 6.45) is 1.22. The molecule has 0 aliphatic carbocycles. The Hall–Kier alpha value is 0.01000. The summed E-state index contributed by atoms with van der Waals surface area (Å²) in [5.74, 6) is 1.18. The van der Waals surface area contributed by atoms with Crippen LogP contribution in [-0.2, 0) is 0 Å². The van der Waals surface area contributed by atoms with Crippen molar-refractivity contribution in [2.24, 2.45) is 0 Å². The first-order chi connectivity index (χ1) is 6.33. The van der Waals surface area contributed by atoms with E-state index in [2.05, 4.69) is 45.5 Å². The molecule has 13 heavy (non-hydrogen) atoms. The number of thioether (sulfide) groups is 1. The SMILES string of the molecule is CNCCCSc1ccc(Br)cc1. The highest BCUT2D eigenvalue weighted by Gasteiger charge is 1.93. The van der Waals surface area contributed by atoms with Crippen molar-refractivity contribution in [3.05, 3.63) is 28.7 Å². The van der Waals surface area contributed by atoms with Crippen molar-refractivity contribution in [1.82, 2.24) is 5.32 Å². The van der Waals surface area contributed by atoms with Gasteiger partial charge in [-0.15, -0.1) is 11.8 Å². The second-order valence-electron chi connectivity index (χ2n) is 2.76. The van der Waals surface area contributed by atoms with Gasteiger partial charge in [0.25, 0.3) is 0 Å². The van der Waals surface area contributed by atoms with Crippen LogP contribution in [0.3, 0.4) is 0 Å². The Morgan fingerprint density at radius 1 is 1.31 bits per heavy atom. The number of hydrogen-bond acceptors (Lipinski definition) is 2. The minimum atomic E-state index is 1.10. The summed E-state index contributed by atoms with van der Waals surface area (Å²) in [6, 6.07) is 8.46. The molecule has 0 unspecified atom stereocenters. The maximum atomic E-state index is 3.42. The average Bonchev–Trinajstić information content (AvgIpc) is 2.15. The lowest BCUT2D eigenvalue weighted by Crippen LogP contribution is -2.07. The summed E-state index contributed by atoms with van der Waals surface area (Å²) in [5, 5.41) is 3.14. The minimum Gasteiger partial charge on any atom is -0.320 e. The van der Waals surface area contributed by atoms with Crippen LogP contribution in [0.5, 0.6) is 0 Å². The third kappa shape index (κ3) is 4.69. The average molecular weight is 260 g/mol. The monoisotopic (exact) mass is 259 g/mol. The molecule has 0 aliphatic rings. The van der Waals surface area contributed by atoms with Crippen molar-refractivity contribution in [1.29, 1.82) is 0 Å². The Balaban J connectivity index is 2.25. The van der Waals surface area contributed by atoms with Crippen molar-refractivity contribution in [2.45, 2.75) is 11.3 Å². The van der Waals surface area contributed by atoms with Crippen molar-refractivity contribution in [3.63, 3.8) is 0 Å². The molecule has 0 atom stereocenters. The molecule has 1 rings (SSSR count). The summed E-state index contributed by atoms with van der Waals surface area (Å²) in [7, 11) is 1.99. The van der Waals surface area contributed by atoms with E-state index in [-0.39, 0.29) is 0 Å². The van der Waals surface area contributed by atoms with Crippen molar-refractivity contribution in [3.8, 4) is 0 Å². The van der Waals surface area contributed by atoms with E-state index < -0.39 is 0 Å². The molecule has 0 saturated heterocycles. The highest BCUT2D eigenvalue weighted by atomic mass is 79.9. The Morgan fingerprint density at radius 2 is 2.00 bits per heavy atom. The number of benzene rings is 1. The van der Waals surface area contributed by atoms with Gasteiger partial charge < -0.3 is 5.32 Å². The molecule has 0 amide bonds. The maximum Gasteiger partial charge on any atom is 0.0176 e. The Bertz CT molecular complexity index is 235. The van der Waals surface area contributed by atoms with E-state index >= 15 is 0 Å². The third-order valence-corrected chi connectivity index (χ3v) is 3.28. The molecule has 0 fully saturated rings. The zero-order valence-corrected chi connectivity index (χ0v) is 10.1. The smallest absolute Gasteiger partial charge is 0.0176 e. The van der Waals surface area contributed by atoms with Gasteiger partial charge in [0.1, 0.15) is 0 Å². The van der Waals surface area contributed by atoms with Crippen LogP contribution in [0.2, 0.25) is 0 Å². The molecule has 0 aromatic heterocycles. The van der Waals surface area contributed by atoms with E-state index in [1.807, 2.05) is 18.8 Å². The van der Waals surface area contributed by atoms with Gasteiger partial charge in [-0.1, -0.05) is 15.9 Å². The fourth-order valence-electron chi connectivity index (χ4n) is 0.970. The van der Waals surface area contributed by atoms with E-state index in [4.69, 9.17) is 0 Å². The summed E-state index contributed by atoms with van der Waals surface area (Å²) < 4.78 is 1.15. The lowest BCUT2D eigenvalue weighted by Gasteiger charge is -2.01. The normalized spacial score (nSPS) is 10.3. The second-order valence-corrected chi connectivity index (χ2v) is 4.84. The summed E-state index contributed by atoms with van der Waals surface area (Å²) in [5.41, 5.74) is 0. The van der Waals surface area contributed by atoms with E-state index in [1.165, 1.54) is 17.1 Å². The molecule has 0 spiro atoms. The highest BCUT2D eigenvalue weighted by molar-refractivity contribution is 9.10. The van der Waals surface area contributed by atoms with Crippen LogP contribution in [-0.4, -0.2) is 19.3 Å². The first-order valence-corrected chi connectivity index (χ1v) is 6.14. The molecule has 0 saturated carbocycles. The van der Waals surface area contributed by atoms with Gasteiger partial charge in [0, 0.05) is 9.37 Å². The third-order valence-electron chi connectivity index (χ3n) is 1.65. The predicted molar refractivity (Wildman–Crippen MR) is 63.4 cm³/mol. The van der Waals surface area contributed by atoms with Gasteiger partial charge in [0.2, 0.25) is 0 Å². The van der Waals surface area contributed by atoms with Crippen LogP contribution >= 0.6 is 27.7 Å². The Labute approximate surface area is 92.4 Å². The summed E-state index contributed by atoms with van der Waals surface area (Å²) in [4.78, 5) is 1.35. The van der Waals surface area contributed by atoms with Crippen LogP contribution in [0.15, 0.2) is 33.6 Å². The van der Waals surface area contributed by atoms with Crippen LogP contribution < -0.4 is 5.32 Å². The first kappa shape index (κ1) is 11.1. The highest BCUT2D eigenvalue weighted by Crippen LogP contribution is 2.20. The minimum absolute atomic E-state index is 1.10. The van der Waals surface area contributed by atoms with Crippen molar-refractivity contribution >= 4 is 27.7 Å². The largest absolute Gasteiger partial charge is 0.320 e. The number of nitrogens with one attached hydrogen (secondary N) is 1. The molecule has 72 valence electrons. The van der Waals surface area contributed by atoms with E-state index in [9.17, 15) is 0 Å². The molecular weight excluding hydrogens is 246 g/mol. The van der Waals surface area contributed by atoms with Crippen LogP contribution in [0.25, 0.3) is 0 Å². The second kappa shape index (κ2) is 6.46. The van der Waals surface area contributed by atoms with Gasteiger partial charge in [0.15, 0.2) is 0 Å². The van der Waals surface area contributed by atoms with Crippen molar-refractivity contribution in [2.75, 3.05) is 19.3 Å². The standard InChI is InChI=1S/C10H14BrNS/c1-12-7-2-8-13-10-5-3-9(11)4-6-10/h3-6,12H,2,7-8H2,1H3. The van der Waals surface area contributed by atoms with Crippen LogP contribution in [0.4, 0.5) is 0 Å². The van der Waals surface area contributed by atoms with E-state index in [0.29, 0.717) is 0 Å². The molecule has 0 aliphatic heterocycles. The molecule has 0 heterocycles. The molecule has 1 aromatic carbocycles. The predicted octanol–water partition coefficient (Wildman–Crippen LogP) is 3.15. The summed E-state index contributed by atoms with van der Waals surface area (Å²) in [6.45, 7) is 1.10. The number of rotatable bonds is 5. The van der Waals surface area contributed by atoms with Gasteiger partial charge in [-0.05, 0) is 50.0 Å². The lowest BCUT2D eigenvalue weighted by molar-refractivity contribution is 0.778. The van der Waals surface area contributed by atoms with E-state index in [0.717, 1.165) is 11.0 Å². The maximum absolute atomic E-state index is 3.42. The quantitative estimate of drug-likeness (QED) is 0.644. The molecule has 1 nitrogen and oxygen atoms in total. The zero-order chi connectivity index (χ0) is 9.52. The molecule has 1 N–H and O–H groups in total. The molecule has 0 radical (unpaired) electrons. The Morgan fingerprint density at radius 3 is 2.62 bits per heavy atom. The van der Waals surface area contributed by atoms with Gasteiger partial charge in [-0.3, -0.25) is 0 Å². The molecular formula is C10H14BrNS. The first-order valence-electron chi connectivity index (χ1n) is 4.36. The Kier molecular flexibility index (Phi) is 5.51. The summed E-state index contributed by atoms with van der Waals surface area (Å²) >= 11 is 5.33. The molecule has 1 aromatic rings. The number of hydrogen-bond donors (Lipinski definition) is 1. The zero-order valence-electron chi connectivity index (χ0n) is 7.72. The van der Waals surface area contributed by atoms with Gasteiger partial charge >= 0.3 is 0 Å². The van der Waals surface area contributed by atoms with E-state index in [1.54, 1.807) is 0 Å².